The van der Waals surface area contributed by atoms with Crippen molar-refractivity contribution in [3.8, 4) is 0 Å². The first-order chi connectivity index (χ1) is 7.36. The SMILES string of the molecule is CCCC(CCC)NCCn1cncn1. The van der Waals surface area contributed by atoms with E-state index >= 15 is 0 Å². The maximum absolute atomic E-state index is 4.07. The standard InChI is InChI=1S/C11H22N4/c1-3-5-11(6-4-2)13-7-8-15-10-12-9-14-15/h9-11,13H,3-8H2,1-2H3. The molecule has 1 N–H and O–H groups in total. The lowest BCUT2D eigenvalue weighted by atomic mass is 10.1. The summed E-state index contributed by atoms with van der Waals surface area (Å²) in [6.45, 7) is 6.36. The van der Waals surface area contributed by atoms with Gasteiger partial charge >= 0.3 is 0 Å². The zero-order valence-electron chi connectivity index (χ0n) is 9.82. The van der Waals surface area contributed by atoms with Crippen LogP contribution in [0.25, 0.3) is 0 Å². The van der Waals surface area contributed by atoms with Crippen molar-refractivity contribution < 1.29 is 0 Å². The number of rotatable bonds is 8. The summed E-state index contributed by atoms with van der Waals surface area (Å²) in [5, 5.41) is 7.64. The first kappa shape index (κ1) is 12.2. The third kappa shape index (κ3) is 4.93. The van der Waals surface area contributed by atoms with Crippen molar-refractivity contribution in [3.05, 3.63) is 12.7 Å². The molecule has 0 atom stereocenters. The predicted molar refractivity (Wildman–Crippen MR) is 61.6 cm³/mol. The fourth-order valence-electron chi connectivity index (χ4n) is 1.78. The Morgan fingerprint density at radius 3 is 2.53 bits per heavy atom. The van der Waals surface area contributed by atoms with E-state index < -0.39 is 0 Å². The predicted octanol–water partition coefficient (Wildman–Crippen LogP) is 1.84. The molecule has 0 aliphatic carbocycles. The molecule has 0 radical (unpaired) electrons. The molecule has 1 rings (SSSR count). The molecule has 4 nitrogen and oxygen atoms in total. The van der Waals surface area contributed by atoms with Crippen LogP contribution in [-0.2, 0) is 6.54 Å². The summed E-state index contributed by atoms with van der Waals surface area (Å²) in [4.78, 5) is 3.92. The number of hydrogen-bond donors (Lipinski definition) is 1. The van der Waals surface area contributed by atoms with Gasteiger partial charge < -0.3 is 5.32 Å². The molecule has 0 aliphatic rings. The van der Waals surface area contributed by atoms with Crippen molar-refractivity contribution in [1.82, 2.24) is 20.1 Å². The highest BCUT2D eigenvalue weighted by Gasteiger charge is 2.04. The largest absolute Gasteiger partial charge is 0.312 e. The van der Waals surface area contributed by atoms with Crippen molar-refractivity contribution in [2.75, 3.05) is 6.54 Å². The third-order valence-electron chi connectivity index (χ3n) is 2.51. The maximum atomic E-state index is 4.07. The minimum atomic E-state index is 0.670. The van der Waals surface area contributed by atoms with Crippen LogP contribution < -0.4 is 5.32 Å². The van der Waals surface area contributed by atoms with E-state index in [9.17, 15) is 0 Å². The normalized spacial score (nSPS) is 11.1. The summed E-state index contributed by atoms with van der Waals surface area (Å²) in [6, 6.07) is 0.670. The maximum Gasteiger partial charge on any atom is 0.137 e. The van der Waals surface area contributed by atoms with Crippen molar-refractivity contribution in [3.63, 3.8) is 0 Å². The van der Waals surface area contributed by atoms with Crippen LogP contribution >= 0.6 is 0 Å². The molecule has 4 heteroatoms. The Kier molecular flexibility index (Phi) is 6.00. The van der Waals surface area contributed by atoms with Crippen molar-refractivity contribution in [2.45, 2.75) is 52.1 Å². The molecule has 0 saturated carbocycles. The Hall–Kier alpha value is -0.900. The minimum absolute atomic E-state index is 0.670. The Morgan fingerprint density at radius 1 is 1.27 bits per heavy atom. The molecule has 0 aromatic carbocycles. The van der Waals surface area contributed by atoms with Crippen LogP contribution in [0.4, 0.5) is 0 Å². The van der Waals surface area contributed by atoms with Gasteiger partial charge in [-0.2, -0.15) is 5.10 Å². The van der Waals surface area contributed by atoms with Crippen LogP contribution in [0.1, 0.15) is 39.5 Å². The number of nitrogens with zero attached hydrogens (tertiary/aromatic N) is 3. The molecule has 1 aromatic rings. The highest BCUT2D eigenvalue weighted by molar-refractivity contribution is 4.66. The first-order valence-electron chi connectivity index (χ1n) is 5.92. The highest BCUT2D eigenvalue weighted by Crippen LogP contribution is 2.03. The third-order valence-corrected chi connectivity index (χ3v) is 2.51. The quantitative estimate of drug-likeness (QED) is 0.712. The van der Waals surface area contributed by atoms with Gasteiger partial charge in [0.25, 0.3) is 0 Å². The van der Waals surface area contributed by atoms with Crippen molar-refractivity contribution >= 4 is 0 Å². The summed E-state index contributed by atoms with van der Waals surface area (Å²) < 4.78 is 1.86. The van der Waals surface area contributed by atoms with Gasteiger partial charge in [-0.05, 0) is 12.8 Å². The fourth-order valence-corrected chi connectivity index (χ4v) is 1.78. The molecule has 1 aromatic heterocycles. The highest BCUT2D eigenvalue weighted by atomic mass is 15.3. The van der Waals surface area contributed by atoms with Gasteiger partial charge in [-0.15, -0.1) is 0 Å². The van der Waals surface area contributed by atoms with Gasteiger partial charge in [0, 0.05) is 12.6 Å². The molecule has 0 spiro atoms. The van der Waals surface area contributed by atoms with Gasteiger partial charge in [-0.1, -0.05) is 26.7 Å². The van der Waals surface area contributed by atoms with E-state index in [0.29, 0.717) is 6.04 Å². The van der Waals surface area contributed by atoms with Gasteiger partial charge in [0.1, 0.15) is 12.7 Å². The average Bonchev–Trinajstić information content (AvgIpc) is 2.71. The molecule has 0 amide bonds. The Labute approximate surface area is 92.1 Å². The summed E-state index contributed by atoms with van der Waals surface area (Å²) in [5.41, 5.74) is 0. The van der Waals surface area contributed by atoms with E-state index in [1.54, 1.807) is 12.7 Å². The molecule has 0 saturated heterocycles. The number of hydrogen-bond acceptors (Lipinski definition) is 3. The minimum Gasteiger partial charge on any atom is -0.312 e. The van der Waals surface area contributed by atoms with Crippen LogP contribution in [0.5, 0.6) is 0 Å². The molecule has 0 unspecified atom stereocenters. The lowest BCUT2D eigenvalue weighted by molar-refractivity contribution is 0.424. The van der Waals surface area contributed by atoms with Crippen molar-refractivity contribution in [1.29, 1.82) is 0 Å². The van der Waals surface area contributed by atoms with E-state index in [0.717, 1.165) is 13.1 Å². The molecule has 15 heavy (non-hydrogen) atoms. The summed E-state index contributed by atoms with van der Waals surface area (Å²) >= 11 is 0. The van der Waals surface area contributed by atoms with Crippen molar-refractivity contribution in [2.24, 2.45) is 0 Å². The van der Waals surface area contributed by atoms with Crippen LogP contribution in [0.15, 0.2) is 12.7 Å². The van der Waals surface area contributed by atoms with Gasteiger partial charge in [0.05, 0.1) is 6.54 Å². The van der Waals surface area contributed by atoms with Gasteiger partial charge in [-0.3, -0.25) is 4.68 Å². The van der Waals surface area contributed by atoms with Crippen LogP contribution in [0.2, 0.25) is 0 Å². The van der Waals surface area contributed by atoms with Crippen LogP contribution in [0.3, 0.4) is 0 Å². The Balaban J connectivity index is 2.15. The van der Waals surface area contributed by atoms with Gasteiger partial charge in [0.2, 0.25) is 0 Å². The summed E-state index contributed by atoms with van der Waals surface area (Å²) in [7, 11) is 0. The van der Waals surface area contributed by atoms with Crippen LogP contribution in [0, 0.1) is 0 Å². The Bertz CT molecular complexity index is 227. The smallest absolute Gasteiger partial charge is 0.137 e. The molecule has 0 fully saturated rings. The molecular formula is C11H22N4. The summed E-state index contributed by atoms with van der Waals surface area (Å²) in [5.74, 6) is 0. The fraction of sp³-hybridized carbons (Fsp3) is 0.818. The zero-order chi connectivity index (χ0) is 10.9. The van der Waals surface area contributed by atoms with E-state index in [2.05, 4.69) is 29.2 Å². The molecule has 1 heterocycles. The molecule has 86 valence electrons. The topological polar surface area (TPSA) is 42.7 Å². The van der Waals surface area contributed by atoms with Gasteiger partial charge in [0.15, 0.2) is 0 Å². The molecule has 0 aliphatic heterocycles. The molecule has 0 bridgehead atoms. The van der Waals surface area contributed by atoms with E-state index in [1.165, 1.54) is 25.7 Å². The second-order valence-electron chi connectivity index (χ2n) is 3.89. The zero-order valence-corrected chi connectivity index (χ0v) is 9.82. The molecular weight excluding hydrogens is 188 g/mol. The Morgan fingerprint density at radius 2 is 2.00 bits per heavy atom. The van der Waals surface area contributed by atoms with E-state index in [-0.39, 0.29) is 0 Å². The van der Waals surface area contributed by atoms with E-state index in [4.69, 9.17) is 0 Å². The summed E-state index contributed by atoms with van der Waals surface area (Å²) in [6.07, 6.45) is 8.38. The van der Waals surface area contributed by atoms with Gasteiger partial charge in [-0.25, -0.2) is 4.98 Å². The second kappa shape index (κ2) is 7.40. The number of aromatic nitrogens is 3. The number of nitrogens with one attached hydrogen (secondary N) is 1. The lowest BCUT2D eigenvalue weighted by Crippen LogP contribution is -2.31. The lowest BCUT2D eigenvalue weighted by Gasteiger charge is -2.16. The second-order valence-corrected chi connectivity index (χ2v) is 3.89. The monoisotopic (exact) mass is 210 g/mol. The van der Waals surface area contributed by atoms with E-state index in [1.807, 2.05) is 4.68 Å². The average molecular weight is 210 g/mol. The van der Waals surface area contributed by atoms with Crippen LogP contribution in [-0.4, -0.2) is 27.4 Å². The first-order valence-corrected chi connectivity index (χ1v) is 5.92.